The number of carbonyl (C=O) groups excluding carboxylic acids is 1. The van der Waals surface area contributed by atoms with Crippen LogP contribution in [0.3, 0.4) is 0 Å². The number of aromatic nitrogens is 3. The largest absolute Gasteiger partial charge is 0.368 e. The Morgan fingerprint density at radius 1 is 1.10 bits per heavy atom. The predicted molar refractivity (Wildman–Crippen MR) is 117 cm³/mol. The Balaban J connectivity index is 1.45. The van der Waals surface area contributed by atoms with E-state index in [1.165, 1.54) is 0 Å². The molecule has 4 rings (SSSR count). The number of hydrogen-bond acceptors (Lipinski definition) is 6. The highest BCUT2D eigenvalue weighted by Gasteiger charge is 2.21. The third-order valence-electron chi connectivity index (χ3n) is 5.68. The zero-order valence-electron chi connectivity index (χ0n) is 17.8. The predicted octanol–water partition coefficient (Wildman–Crippen LogP) is 1.76. The van der Waals surface area contributed by atoms with Crippen molar-refractivity contribution >= 4 is 22.6 Å². The lowest BCUT2D eigenvalue weighted by molar-refractivity contribution is 0.0958. The fraction of sp³-hybridized carbons (Fsp3) is 0.364. The minimum absolute atomic E-state index is 0.157. The summed E-state index contributed by atoms with van der Waals surface area (Å²) < 4.78 is 15.0. The van der Waals surface area contributed by atoms with E-state index in [4.69, 9.17) is 0 Å². The normalized spacial score (nSPS) is 14.8. The van der Waals surface area contributed by atoms with E-state index in [9.17, 15) is 14.0 Å². The van der Waals surface area contributed by atoms with Gasteiger partial charge in [0.05, 0.1) is 16.9 Å². The minimum Gasteiger partial charge on any atom is -0.368 e. The number of halogens is 1. The van der Waals surface area contributed by atoms with Crippen molar-refractivity contribution in [3.05, 3.63) is 63.1 Å². The van der Waals surface area contributed by atoms with E-state index in [2.05, 4.69) is 30.1 Å². The number of benzene rings is 1. The molecule has 0 aliphatic carbocycles. The number of piperazine rings is 1. The Morgan fingerprint density at radius 2 is 1.84 bits per heavy atom. The fourth-order valence-electron chi connectivity index (χ4n) is 3.91. The number of carbonyl (C=O) groups is 1. The number of H-pyrrole nitrogens is 1. The van der Waals surface area contributed by atoms with Crippen LogP contribution < -0.4 is 15.8 Å². The molecule has 1 aliphatic rings. The van der Waals surface area contributed by atoms with Crippen LogP contribution in [0.1, 0.15) is 27.4 Å². The van der Waals surface area contributed by atoms with Gasteiger partial charge in [0.15, 0.2) is 5.82 Å². The van der Waals surface area contributed by atoms with Crippen molar-refractivity contribution in [3.63, 3.8) is 0 Å². The summed E-state index contributed by atoms with van der Waals surface area (Å²) in [5.41, 5.74) is 3.31. The highest BCUT2D eigenvalue weighted by Crippen LogP contribution is 2.23. The van der Waals surface area contributed by atoms with Gasteiger partial charge in [-0.2, -0.15) is 0 Å². The van der Waals surface area contributed by atoms with Gasteiger partial charge in [-0.05, 0) is 32.0 Å². The van der Waals surface area contributed by atoms with Crippen molar-refractivity contribution in [2.24, 2.45) is 0 Å². The molecule has 0 unspecified atom stereocenters. The maximum Gasteiger partial charge on any atom is 0.269 e. The second kappa shape index (κ2) is 8.43. The molecule has 8 nitrogen and oxygen atoms in total. The summed E-state index contributed by atoms with van der Waals surface area (Å²) in [6.07, 6.45) is 0. The highest BCUT2D eigenvalue weighted by molar-refractivity contribution is 5.92. The molecular weight excluding hydrogens is 399 g/mol. The first-order chi connectivity index (χ1) is 14.9. The van der Waals surface area contributed by atoms with E-state index >= 15 is 0 Å². The average Bonchev–Trinajstić information content (AvgIpc) is 2.77. The number of nitrogens with zero attached hydrogens (tertiary/aromatic N) is 4. The molecular formula is C22H25FN6O2. The summed E-state index contributed by atoms with van der Waals surface area (Å²) in [4.78, 5) is 39.2. The molecule has 0 radical (unpaired) electrons. The van der Waals surface area contributed by atoms with Gasteiger partial charge in [-0.3, -0.25) is 14.5 Å². The molecule has 9 heteroatoms. The molecule has 1 fully saturated rings. The molecule has 162 valence electrons. The third-order valence-corrected chi connectivity index (χ3v) is 5.68. The lowest BCUT2D eigenvalue weighted by atomic mass is 10.1. The Morgan fingerprint density at radius 3 is 2.52 bits per heavy atom. The van der Waals surface area contributed by atoms with E-state index in [0.29, 0.717) is 29.0 Å². The molecule has 1 saturated heterocycles. The number of amides is 1. The zero-order valence-corrected chi connectivity index (χ0v) is 17.8. The molecule has 0 atom stereocenters. The number of fused-ring (bicyclic) bond motifs is 1. The Kier molecular flexibility index (Phi) is 5.69. The topological polar surface area (TPSA) is 94.2 Å². The smallest absolute Gasteiger partial charge is 0.269 e. The van der Waals surface area contributed by atoms with Crippen LogP contribution in [0.5, 0.6) is 0 Å². The van der Waals surface area contributed by atoms with E-state index < -0.39 is 5.82 Å². The van der Waals surface area contributed by atoms with Crippen molar-refractivity contribution in [1.82, 2.24) is 25.2 Å². The van der Waals surface area contributed by atoms with Crippen molar-refractivity contribution in [3.8, 4) is 0 Å². The molecule has 2 aromatic heterocycles. The number of aryl methyl sites for hydroxylation is 2. The first-order valence-corrected chi connectivity index (χ1v) is 10.2. The van der Waals surface area contributed by atoms with Gasteiger partial charge in [-0.25, -0.2) is 14.4 Å². The van der Waals surface area contributed by atoms with Crippen molar-refractivity contribution in [1.29, 1.82) is 0 Å². The summed E-state index contributed by atoms with van der Waals surface area (Å²) in [5.74, 6) is -0.627. The average molecular weight is 424 g/mol. The first kappa shape index (κ1) is 20.9. The molecule has 0 saturated carbocycles. The van der Waals surface area contributed by atoms with Crippen LogP contribution in [0.2, 0.25) is 0 Å². The Labute approximate surface area is 179 Å². The van der Waals surface area contributed by atoms with Crippen LogP contribution in [-0.4, -0.2) is 59.0 Å². The van der Waals surface area contributed by atoms with Crippen LogP contribution >= 0.6 is 0 Å². The van der Waals surface area contributed by atoms with Gasteiger partial charge in [0.2, 0.25) is 0 Å². The van der Waals surface area contributed by atoms with Gasteiger partial charge in [0, 0.05) is 45.3 Å². The summed E-state index contributed by atoms with van der Waals surface area (Å²) in [5, 5.41) is 2.58. The van der Waals surface area contributed by atoms with Crippen LogP contribution in [0.25, 0.3) is 11.0 Å². The molecule has 1 aromatic carbocycles. The lowest BCUT2D eigenvalue weighted by Gasteiger charge is -2.36. The number of pyridine rings is 1. The second-order valence-electron chi connectivity index (χ2n) is 7.73. The maximum atomic E-state index is 15.0. The van der Waals surface area contributed by atoms with E-state index in [-0.39, 0.29) is 17.0 Å². The Bertz CT molecular complexity index is 1200. The summed E-state index contributed by atoms with van der Waals surface area (Å²) in [6, 6.07) is 7.14. The molecule has 1 amide bonds. The third kappa shape index (κ3) is 4.13. The van der Waals surface area contributed by atoms with E-state index in [1.807, 2.05) is 13.0 Å². The number of aromatic amines is 1. The molecule has 3 heterocycles. The van der Waals surface area contributed by atoms with Crippen LogP contribution in [0.15, 0.2) is 29.1 Å². The fourth-order valence-corrected chi connectivity index (χ4v) is 3.91. The van der Waals surface area contributed by atoms with Gasteiger partial charge in [-0.1, -0.05) is 6.07 Å². The number of rotatable bonds is 4. The summed E-state index contributed by atoms with van der Waals surface area (Å²) in [6.45, 7) is 7.03. The van der Waals surface area contributed by atoms with Crippen LogP contribution in [0.4, 0.5) is 10.1 Å². The van der Waals surface area contributed by atoms with Crippen LogP contribution in [-0.2, 0) is 6.54 Å². The molecule has 0 bridgehead atoms. The molecule has 0 spiro atoms. The van der Waals surface area contributed by atoms with Crippen LogP contribution in [0, 0.1) is 19.7 Å². The molecule has 3 aromatic rings. The van der Waals surface area contributed by atoms with Gasteiger partial charge in [0.1, 0.15) is 16.9 Å². The number of nitrogens with one attached hydrogen (secondary N) is 2. The minimum atomic E-state index is -0.422. The van der Waals surface area contributed by atoms with Crippen molar-refractivity contribution in [2.75, 3.05) is 38.1 Å². The first-order valence-electron chi connectivity index (χ1n) is 10.2. The number of anilines is 1. The number of hydrogen-bond donors (Lipinski definition) is 2. The lowest BCUT2D eigenvalue weighted by Crippen LogP contribution is -2.46. The second-order valence-corrected chi connectivity index (χ2v) is 7.73. The van der Waals surface area contributed by atoms with E-state index in [0.717, 1.165) is 37.6 Å². The molecule has 31 heavy (non-hydrogen) atoms. The monoisotopic (exact) mass is 424 g/mol. The Hall–Kier alpha value is -3.33. The van der Waals surface area contributed by atoms with Gasteiger partial charge in [-0.15, -0.1) is 0 Å². The molecule has 2 N–H and O–H groups in total. The van der Waals surface area contributed by atoms with E-state index in [1.54, 1.807) is 32.2 Å². The van der Waals surface area contributed by atoms with Crippen molar-refractivity contribution in [2.45, 2.75) is 20.4 Å². The standard InChI is InChI=1S/C22H25FN6O2/c1-13-18(7-6-17(25-13)22(31)24-3)29-10-8-28(9-11-29)12-15-4-5-16-20(19(15)23)27-21(30)14(2)26-16/h4-7H,8-12H2,1-3H3,(H,24,31)(H,27,30). The molecule has 1 aliphatic heterocycles. The van der Waals surface area contributed by atoms with Gasteiger partial charge < -0.3 is 15.2 Å². The SMILES string of the molecule is CNC(=O)c1ccc(N2CCN(Cc3ccc4nc(C)c(=O)[nH]c4c3F)CC2)c(C)n1. The van der Waals surface area contributed by atoms with Gasteiger partial charge >= 0.3 is 0 Å². The van der Waals surface area contributed by atoms with Gasteiger partial charge in [0.25, 0.3) is 11.5 Å². The summed E-state index contributed by atoms with van der Waals surface area (Å²) >= 11 is 0. The maximum absolute atomic E-state index is 15.0. The zero-order chi connectivity index (χ0) is 22.1. The highest BCUT2D eigenvalue weighted by atomic mass is 19.1. The quantitative estimate of drug-likeness (QED) is 0.663. The summed E-state index contributed by atoms with van der Waals surface area (Å²) in [7, 11) is 1.58. The van der Waals surface area contributed by atoms with Crippen molar-refractivity contribution < 1.29 is 9.18 Å².